The molecule has 0 bridgehead atoms. The van der Waals surface area contributed by atoms with Gasteiger partial charge in [-0.2, -0.15) is 0 Å². The van der Waals surface area contributed by atoms with Crippen LogP contribution in [0.25, 0.3) is 155 Å². The van der Waals surface area contributed by atoms with Crippen LogP contribution in [0.1, 0.15) is 0 Å². The molecule has 9 nitrogen and oxygen atoms in total. The number of pyridine rings is 3. The monoisotopic (exact) mass is 1050 g/mol. The van der Waals surface area contributed by atoms with Gasteiger partial charge in [-0.05, 0) is 60.2 Å². The summed E-state index contributed by atoms with van der Waals surface area (Å²) >= 11 is 0. The Morgan fingerprint density at radius 1 is 0.256 bits per heavy atom. The Hall–Kier alpha value is -11.3. The third-order valence-corrected chi connectivity index (χ3v) is 16.4. The smallest absolute Gasteiger partial charge is 0.165 e. The van der Waals surface area contributed by atoms with Gasteiger partial charge in [0.25, 0.3) is 0 Å². The zero-order chi connectivity index (χ0) is 53.8. The van der Waals surface area contributed by atoms with Gasteiger partial charge >= 0.3 is 0 Å². The zero-order valence-corrected chi connectivity index (χ0v) is 44.0. The Bertz CT molecular complexity index is 4900. The molecule has 0 atom stereocenters. The maximum atomic E-state index is 6.41. The summed E-state index contributed by atoms with van der Waals surface area (Å²) in [7, 11) is 0. The lowest BCUT2D eigenvalue weighted by Crippen LogP contribution is -2.16. The largest absolute Gasteiger partial charge is 0.305 e. The predicted octanol–water partition coefficient (Wildman–Crippen LogP) is 17.7. The molecule has 82 heavy (non-hydrogen) atoms. The quantitative estimate of drug-likeness (QED) is 0.151. The second kappa shape index (κ2) is 18.1. The number of aromatic nitrogens is 9. The summed E-state index contributed by atoms with van der Waals surface area (Å²) in [5.41, 5.74) is 16.1. The van der Waals surface area contributed by atoms with E-state index >= 15 is 0 Å². The number of benzene rings is 9. The lowest BCUT2D eigenvalue weighted by atomic mass is 9.94. The van der Waals surface area contributed by atoms with Crippen molar-refractivity contribution >= 4 is 87.2 Å². The molecule has 0 unspecified atom stereocenters. The van der Waals surface area contributed by atoms with Gasteiger partial charge in [0, 0.05) is 90.1 Å². The average Bonchev–Trinajstić information content (AvgIpc) is 1.80. The standard InChI is InChI=1S/C73H45N9/c1-3-21-46(22-4-1)58-43-59(47-23-5-2-6-24-47)77-71(76-58)55-32-8-7-31-54(55)68-69(79-60-33-15-9-25-48(60)49-26-10-16-34-61(49)79)73(82-65-38-20-14-30-53(65)57-45-75-42-40-67(57)82)78-72(81-63-36-18-11-27-50(63)51-28-12-19-37-64(51)81)70(68)80-62-35-17-13-29-52(62)56-44-74-41-39-66(56)80/h1-45H. The van der Waals surface area contributed by atoms with Crippen LogP contribution in [0, 0.1) is 0 Å². The van der Waals surface area contributed by atoms with Crippen molar-refractivity contribution < 1.29 is 0 Å². The van der Waals surface area contributed by atoms with E-state index in [1.807, 2.05) is 36.9 Å². The van der Waals surface area contributed by atoms with Crippen molar-refractivity contribution in [3.63, 3.8) is 0 Å². The number of rotatable bonds is 8. The molecule has 0 N–H and O–H groups in total. The van der Waals surface area contributed by atoms with E-state index in [-0.39, 0.29) is 0 Å². The van der Waals surface area contributed by atoms with E-state index in [2.05, 4.69) is 255 Å². The van der Waals surface area contributed by atoms with Gasteiger partial charge in [0.2, 0.25) is 0 Å². The number of para-hydroxylation sites is 6. The minimum atomic E-state index is 0.584. The Labute approximate surface area is 469 Å². The highest BCUT2D eigenvalue weighted by Gasteiger charge is 2.34. The maximum Gasteiger partial charge on any atom is 0.165 e. The molecule has 0 radical (unpaired) electrons. The van der Waals surface area contributed by atoms with Crippen molar-refractivity contribution in [2.75, 3.05) is 0 Å². The first kappa shape index (κ1) is 45.7. The predicted molar refractivity (Wildman–Crippen MR) is 335 cm³/mol. The van der Waals surface area contributed by atoms with E-state index in [9.17, 15) is 0 Å². The van der Waals surface area contributed by atoms with Crippen LogP contribution in [-0.4, -0.2) is 43.2 Å². The number of nitrogens with zero attached hydrogens (tertiary/aromatic N) is 9. The summed E-state index contributed by atoms with van der Waals surface area (Å²) < 4.78 is 9.67. The molecule has 9 aromatic carbocycles. The van der Waals surface area contributed by atoms with Gasteiger partial charge < -0.3 is 9.13 Å². The summed E-state index contributed by atoms with van der Waals surface area (Å²) in [6.45, 7) is 0. The van der Waals surface area contributed by atoms with Crippen LogP contribution in [0.4, 0.5) is 0 Å². The molecular formula is C73H45N9. The second-order valence-electron chi connectivity index (χ2n) is 20.8. The molecule has 0 fully saturated rings. The molecule has 0 saturated heterocycles. The number of fused-ring (bicyclic) bond motifs is 12. The topological polar surface area (TPSA) is 84.2 Å². The molecule has 8 aromatic heterocycles. The molecule has 382 valence electrons. The van der Waals surface area contributed by atoms with Gasteiger partial charge in [0.15, 0.2) is 17.5 Å². The summed E-state index contributed by atoms with van der Waals surface area (Å²) in [6, 6.07) is 88.2. The lowest BCUT2D eigenvalue weighted by Gasteiger charge is -2.27. The Kier molecular flexibility index (Phi) is 10.1. The first-order valence-electron chi connectivity index (χ1n) is 27.6. The molecule has 0 aliphatic rings. The van der Waals surface area contributed by atoms with Crippen LogP contribution in [0.3, 0.4) is 0 Å². The molecule has 0 spiro atoms. The normalized spacial score (nSPS) is 11.9. The summed E-state index contributed by atoms with van der Waals surface area (Å²) in [5.74, 6) is 2.03. The maximum absolute atomic E-state index is 6.41. The van der Waals surface area contributed by atoms with E-state index in [0.29, 0.717) is 5.82 Å². The first-order valence-corrected chi connectivity index (χ1v) is 27.6. The summed E-state index contributed by atoms with van der Waals surface area (Å²) in [4.78, 5) is 27.2. The highest BCUT2D eigenvalue weighted by molar-refractivity contribution is 6.16. The van der Waals surface area contributed by atoms with Crippen molar-refractivity contribution in [3.8, 4) is 68.0 Å². The van der Waals surface area contributed by atoms with Crippen LogP contribution < -0.4 is 0 Å². The highest BCUT2D eigenvalue weighted by Crippen LogP contribution is 2.50. The van der Waals surface area contributed by atoms with E-state index in [4.69, 9.17) is 24.9 Å². The van der Waals surface area contributed by atoms with E-state index in [0.717, 1.165) is 149 Å². The minimum absolute atomic E-state index is 0.584. The van der Waals surface area contributed by atoms with Crippen molar-refractivity contribution in [3.05, 3.63) is 274 Å². The van der Waals surface area contributed by atoms with Crippen LogP contribution in [0.2, 0.25) is 0 Å². The molecule has 0 saturated carbocycles. The molecule has 17 rings (SSSR count). The van der Waals surface area contributed by atoms with Crippen LogP contribution in [0.15, 0.2) is 274 Å². The Morgan fingerprint density at radius 2 is 0.573 bits per heavy atom. The van der Waals surface area contributed by atoms with Gasteiger partial charge in [-0.25, -0.2) is 15.0 Å². The highest BCUT2D eigenvalue weighted by atomic mass is 15.2. The van der Waals surface area contributed by atoms with Gasteiger partial charge in [-0.15, -0.1) is 0 Å². The van der Waals surface area contributed by atoms with Crippen LogP contribution in [-0.2, 0) is 0 Å². The molecule has 0 aliphatic carbocycles. The van der Waals surface area contributed by atoms with Crippen LogP contribution in [0.5, 0.6) is 0 Å². The van der Waals surface area contributed by atoms with Crippen molar-refractivity contribution in [1.29, 1.82) is 0 Å². The van der Waals surface area contributed by atoms with Gasteiger partial charge in [0.05, 0.1) is 55.5 Å². The fourth-order valence-corrected chi connectivity index (χ4v) is 12.9. The van der Waals surface area contributed by atoms with Crippen molar-refractivity contribution in [1.82, 2.24) is 43.2 Å². The minimum Gasteiger partial charge on any atom is -0.305 e. The van der Waals surface area contributed by atoms with E-state index in [1.165, 1.54) is 0 Å². The molecule has 17 aromatic rings. The Balaban J connectivity index is 1.17. The fraction of sp³-hybridized carbons (Fsp3) is 0. The SMILES string of the molecule is c1ccc(-c2cc(-c3ccccc3)nc(-c3ccccc3-c3c(-n4c5ccccc5c5ccccc54)c(-n4c5ccccc5c5cnccc54)nc(-n4c5ccccc5c5ccccc54)c3-n3c4ccccc4c4cnccc43)n2)cc1. The third-order valence-electron chi connectivity index (χ3n) is 16.4. The number of hydrogen-bond donors (Lipinski definition) is 0. The van der Waals surface area contributed by atoms with Crippen molar-refractivity contribution in [2.24, 2.45) is 0 Å². The first-order chi connectivity index (χ1) is 40.7. The average molecular weight is 1050 g/mol. The second-order valence-corrected chi connectivity index (χ2v) is 20.8. The zero-order valence-electron chi connectivity index (χ0n) is 44.0. The summed E-state index contributed by atoms with van der Waals surface area (Å²) in [5, 5.41) is 8.67. The molecule has 9 heteroatoms. The number of hydrogen-bond acceptors (Lipinski definition) is 5. The lowest BCUT2D eigenvalue weighted by molar-refractivity contribution is 0.960. The van der Waals surface area contributed by atoms with Gasteiger partial charge in [-0.3, -0.25) is 19.1 Å². The Morgan fingerprint density at radius 3 is 0.988 bits per heavy atom. The molecule has 8 heterocycles. The van der Waals surface area contributed by atoms with E-state index in [1.54, 1.807) is 0 Å². The van der Waals surface area contributed by atoms with Crippen LogP contribution >= 0.6 is 0 Å². The van der Waals surface area contributed by atoms with Gasteiger partial charge in [0.1, 0.15) is 11.4 Å². The molecule has 0 amide bonds. The third kappa shape index (κ3) is 6.77. The fourth-order valence-electron chi connectivity index (χ4n) is 12.9. The summed E-state index contributed by atoms with van der Waals surface area (Å²) in [6.07, 6.45) is 7.78. The van der Waals surface area contributed by atoms with Gasteiger partial charge in [-0.1, -0.05) is 194 Å². The van der Waals surface area contributed by atoms with Crippen molar-refractivity contribution in [2.45, 2.75) is 0 Å². The molecular weight excluding hydrogens is 1000 g/mol. The molecule has 0 aliphatic heterocycles. The van der Waals surface area contributed by atoms with E-state index < -0.39 is 0 Å².